The normalized spacial score (nSPS) is 11.4. The van der Waals surface area contributed by atoms with Crippen LogP contribution in [0.1, 0.15) is 27.0 Å². The molecule has 0 heterocycles. The van der Waals surface area contributed by atoms with E-state index in [9.17, 15) is 18.0 Å². The molecule has 5 heteroatoms. The Balaban J connectivity index is 2.47. The van der Waals surface area contributed by atoms with E-state index in [2.05, 4.69) is 0 Å². The number of carbonyl (C=O) groups is 1. The van der Waals surface area contributed by atoms with Gasteiger partial charge in [-0.15, -0.1) is 0 Å². The molecule has 0 radical (unpaired) electrons. The molecule has 0 aliphatic carbocycles. The Morgan fingerprint density at radius 3 is 2.40 bits per heavy atom. The maximum Gasteiger partial charge on any atom is 0.416 e. The van der Waals surface area contributed by atoms with Crippen LogP contribution in [0.5, 0.6) is 0 Å². The van der Waals surface area contributed by atoms with E-state index in [1.807, 2.05) is 35.6 Å². The van der Waals surface area contributed by atoms with Crippen molar-refractivity contribution in [2.75, 3.05) is 0 Å². The van der Waals surface area contributed by atoms with Crippen molar-refractivity contribution < 1.29 is 18.0 Å². The molecule has 0 saturated heterocycles. The summed E-state index contributed by atoms with van der Waals surface area (Å²) < 4.78 is 38.8. The largest absolute Gasteiger partial charge is 0.416 e. The van der Waals surface area contributed by atoms with Gasteiger partial charge in [-0.3, -0.25) is 4.79 Å². The Morgan fingerprint density at radius 2 is 1.75 bits per heavy atom. The zero-order valence-corrected chi connectivity index (χ0v) is 12.6. The van der Waals surface area contributed by atoms with E-state index in [-0.39, 0.29) is 5.56 Å². The lowest BCUT2D eigenvalue weighted by atomic mass is 10.00. The van der Waals surface area contributed by atoms with E-state index in [4.69, 9.17) is 0 Å². The molecule has 0 amide bonds. The highest BCUT2D eigenvalue weighted by molar-refractivity contribution is 14.1. The van der Waals surface area contributed by atoms with E-state index in [1.165, 1.54) is 12.1 Å². The first kappa shape index (κ1) is 15.0. The first-order valence-electron chi connectivity index (χ1n) is 5.78. The highest BCUT2D eigenvalue weighted by Crippen LogP contribution is 2.30. The summed E-state index contributed by atoms with van der Waals surface area (Å²) in [6, 6.07) is 9.69. The van der Waals surface area contributed by atoms with Crippen LogP contribution >= 0.6 is 22.6 Å². The molecule has 2 aromatic carbocycles. The van der Waals surface area contributed by atoms with E-state index in [1.54, 1.807) is 12.1 Å². The maximum atomic E-state index is 12.7. The van der Waals surface area contributed by atoms with Crippen molar-refractivity contribution in [3.05, 3.63) is 68.3 Å². The molecular formula is C15H10F3IO. The van der Waals surface area contributed by atoms with Crippen LogP contribution in [0.15, 0.2) is 42.5 Å². The van der Waals surface area contributed by atoms with Crippen molar-refractivity contribution in [2.24, 2.45) is 0 Å². The molecule has 0 aliphatic rings. The van der Waals surface area contributed by atoms with Crippen molar-refractivity contribution in [3.8, 4) is 0 Å². The second-order valence-electron chi connectivity index (χ2n) is 4.34. The molecule has 0 bridgehead atoms. The highest BCUT2D eigenvalue weighted by atomic mass is 127. The van der Waals surface area contributed by atoms with E-state index in [0.717, 1.165) is 21.3 Å². The minimum Gasteiger partial charge on any atom is -0.289 e. The SMILES string of the molecule is Cc1cccc(C(=O)c2cccc(C(F)(F)F)c2)c1I. The summed E-state index contributed by atoms with van der Waals surface area (Å²) in [5, 5.41) is 0. The van der Waals surface area contributed by atoms with Crippen LogP contribution in [-0.4, -0.2) is 5.78 Å². The Hall–Kier alpha value is -1.37. The summed E-state index contributed by atoms with van der Waals surface area (Å²) in [6.07, 6.45) is -4.45. The predicted molar refractivity (Wildman–Crippen MR) is 78.8 cm³/mol. The molecule has 0 fully saturated rings. The molecule has 0 unspecified atom stereocenters. The lowest BCUT2D eigenvalue weighted by molar-refractivity contribution is -0.137. The molecule has 20 heavy (non-hydrogen) atoms. The third-order valence-electron chi connectivity index (χ3n) is 2.89. The molecule has 0 aromatic heterocycles. The fraction of sp³-hybridized carbons (Fsp3) is 0.133. The number of hydrogen-bond acceptors (Lipinski definition) is 1. The summed E-state index contributed by atoms with van der Waals surface area (Å²) in [4.78, 5) is 12.3. The Labute approximate surface area is 128 Å². The van der Waals surface area contributed by atoms with Gasteiger partial charge in [-0.05, 0) is 53.3 Å². The second-order valence-corrected chi connectivity index (χ2v) is 5.42. The third-order valence-corrected chi connectivity index (χ3v) is 4.32. The molecule has 2 aromatic rings. The average Bonchev–Trinajstić information content (AvgIpc) is 2.40. The van der Waals surface area contributed by atoms with Crippen molar-refractivity contribution >= 4 is 28.4 Å². The number of ketones is 1. The number of rotatable bonds is 2. The standard InChI is InChI=1S/C15H10F3IO/c1-9-4-2-7-12(13(9)19)14(20)10-5-3-6-11(8-10)15(16,17)18/h2-8H,1H3. The van der Waals surface area contributed by atoms with Crippen molar-refractivity contribution in [1.29, 1.82) is 0 Å². The molecule has 0 saturated carbocycles. The molecule has 0 spiro atoms. The Morgan fingerprint density at radius 1 is 1.10 bits per heavy atom. The van der Waals surface area contributed by atoms with Gasteiger partial charge in [-0.1, -0.05) is 24.3 Å². The molecule has 104 valence electrons. The van der Waals surface area contributed by atoms with Gasteiger partial charge in [0.05, 0.1) is 5.56 Å². The van der Waals surface area contributed by atoms with Crippen molar-refractivity contribution in [1.82, 2.24) is 0 Å². The fourth-order valence-electron chi connectivity index (χ4n) is 1.82. The first-order valence-corrected chi connectivity index (χ1v) is 6.85. The topological polar surface area (TPSA) is 17.1 Å². The number of benzene rings is 2. The van der Waals surface area contributed by atoms with Crippen LogP contribution in [0.25, 0.3) is 0 Å². The number of halogens is 4. The Bertz CT molecular complexity index is 662. The summed E-state index contributed by atoms with van der Waals surface area (Å²) in [7, 11) is 0. The van der Waals surface area contributed by atoms with Gasteiger partial charge in [-0.25, -0.2) is 0 Å². The lowest BCUT2D eigenvalue weighted by Gasteiger charge is -2.09. The molecule has 0 atom stereocenters. The highest BCUT2D eigenvalue weighted by Gasteiger charge is 2.31. The van der Waals surface area contributed by atoms with Gasteiger partial charge in [0, 0.05) is 14.7 Å². The summed E-state index contributed by atoms with van der Waals surface area (Å²) in [5.41, 5.74) is 0.572. The van der Waals surface area contributed by atoms with E-state index < -0.39 is 17.5 Å². The van der Waals surface area contributed by atoms with E-state index >= 15 is 0 Å². The summed E-state index contributed by atoms with van der Waals surface area (Å²) >= 11 is 2.03. The zero-order chi connectivity index (χ0) is 14.9. The van der Waals surface area contributed by atoms with Crippen molar-refractivity contribution in [2.45, 2.75) is 13.1 Å². The summed E-state index contributed by atoms with van der Waals surface area (Å²) in [6.45, 7) is 1.85. The predicted octanol–water partition coefficient (Wildman–Crippen LogP) is 4.85. The lowest BCUT2D eigenvalue weighted by Crippen LogP contribution is -2.09. The van der Waals surface area contributed by atoms with Crippen LogP contribution < -0.4 is 0 Å². The molecular weight excluding hydrogens is 380 g/mol. The van der Waals surface area contributed by atoms with E-state index in [0.29, 0.717) is 5.56 Å². The quantitative estimate of drug-likeness (QED) is 0.530. The Kier molecular flexibility index (Phi) is 4.17. The van der Waals surface area contributed by atoms with Crippen LogP contribution in [0, 0.1) is 10.5 Å². The van der Waals surface area contributed by atoms with Gasteiger partial charge in [0.25, 0.3) is 0 Å². The van der Waals surface area contributed by atoms with Gasteiger partial charge in [-0.2, -0.15) is 13.2 Å². The number of alkyl halides is 3. The van der Waals surface area contributed by atoms with Crippen LogP contribution in [0.3, 0.4) is 0 Å². The minimum absolute atomic E-state index is 0.0448. The summed E-state index contributed by atoms with van der Waals surface area (Å²) in [5.74, 6) is -0.399. The molecule has 1 nitrogen and oxygen atoms in total. The van der Waals surface area contributed by atoms with Gasteiger partial charge in [0.2, 0.25) is 0 Å². The molecule has 2 rings (SSSR count). The van der Waals surface area contributed by atoms with Crippen LogP contribution in [0.4, 0.5) is 13.2 Å². The number of aryl methyl sites for hydroxylation is 1. The molecule has 0 N–H and O–H groups in total. The van der Waals surface area contributed by atoms with Crippen molar-refractivity contribution in [3.63, 3.8) is 0 Å². The number of carbonyl (C=O) groups excluding carboxylic acids is 1. The molecule has 0 aliphatic heterocycles. The van der Waals surface area contributed by atoms with Gasteiger partial charge >= 0.3 is 6.18 Å². The van der Waals surface area contributed by atoms with Crippen LogP contribution in [-0.2, 0) is 6.18 Å². The third kappa shape index (κ3) is 3.03. The average molecular weight is 390 g/mol. The second kappa shape index (κ2) is 5.55. The number of hydrogen-bond donors (Lipinski definition) is 0. The van der Waals surface area contributed by atoms with Gasteiger partial charge < -0.3 is 0 Å². The smallest absolute Gasteiger partial charge is 0.289 e. The first-order chi connectivity index (χ1) is 9.30. The van der Waals surface area contributed by atoms with Gasteiger partial charge in [0.1, 0.15) is 0 Å². The zero-order valence-electron chi connectivity index (χ0n) is 10.5. The van der Waals surface area contributed by atoms with Gasteiger partial charge in [0.15, 0.2) is 5.78 Å². The monoisotopic (exact) mass is 390 g/mol. The minimum atomic E-state index is -4.45. The van der Waals surface area contributed by atoms with Crippen LogP contribution in [0.2, 0.25) is 0 Å². The maximum absolute atomic E-state index is 12.7. The fourth-order valence-corrected chi connectivity index (χ4v) is 2.42.